The molecule has 1 aromatic carbocycles. The normalized spacial score (nSPS) is 24.4. The fourth-order valence-corrected chi connectivity index (χ4v) is 6.32. The number of halogens is 1. The van der Waals surface area contributed by atoms with Crippen LogP contribution in [0.5, 0.6) is 0 Å². The van der Waals surface area contributed by atoms with Crippen LogP contribution in [0.15, 0.2) is 29.7 Å². The lowest BCUT2D eigenvalue weighted by Crippen LogP contribution is -2.55. The molecule has 186 valence electrons. The van der Waals surface area contributed by atoms with E-state index >= 15 is 0 Å². The van der Waals surface area contributed by atoms with E-state index in [-0.39, 0.29) is 24.4 Å². The van der Waals surface area contributed by atoms with Gasteiger partial charge in [0, 0.05) is 36.1 Å². The first kappa shape index (κ1) is 25.2. The first-order valence-electron chi connectivity index (χ1n) is 12.1. The van der Waals surface area contributed by atoms with Crippen LogP contribution < -0.4 is 4.72 Å². The van der Waals surface area contributed by atoms with Gasteiger partial charge in [0.2, 0.25) is 21.8 Å². The molecule has 10 heteroatoms. The average molecular weight is 509 g/mol. The van der Waals surface area contributed by atoms with Crippen molar-refractivity contribution in [3.63, 3.8) is 0 Å². The molecule has 0 saturated carbocycles. The molecule has 3 heterocycles. The largest absolute Gasteiger partial charge is 0.337 e. The third kappa shape index (κ3) is 6.59. The Labute approximate surface area is 207 Å². The smallest absolute Gasteiger partial charge is 0.242 e. The van der Waals surface area contributed by atoms with E-state index in [4.69, 9.17) is 11.6 Å². The van der Waals surface area contributed by atoms with Crippen molar-refractivity contribution in [3.05, 3.63) is 40.3 Å². The van der Waals surface area contributed by atoms with E-state index in [1.807, 2.05) is 4.90 Å². The number of rotatable bonds is 8. The summed E-state index contributed by atoms with van der Waals surface area (Å²) in [4.78, 5) is 31.9. The third-order valence-corrected chi connectivity index (χ3v) is 8.16. The fraction of sp³-hybridized carbons (Fsp3) is 0.583. The lowest BCUT2D eigenvalue weighted by molar-refractivity contribution is -0.143. The van der Waals surface area contributed by atoms with Crippen LogP contribution in [0.25, 0.3) is 6.08 Å². The van der Waals surface area contributed by atoms with Crippen LogP contribution in [0.2, 0.25) is 5.02 Å². The summed E-state index contributed by atoms with van der Waals surface area (Å²) in [5, 5.41) is 1.56. The molecule has 0 aromatic heterocycles. The highest BCUT2D eigenvalue weighted by Gasteiger charge is 2.36. The number of carbonyl (C=O) groups excluding carboxylic acids is 2. The second-order valence-corrected chi connectivity index (χ2v) is 11.4. The molecular weight excluding hydrogens is 476 g/mol. The number of carbonyl (C=O) groups is 2. The highest BCUT2D eigenvalue weighted by atomic mass is 35.5. The van der Waals surface area contributed by atoms with Crippen molar-refractivity contribution in [2.45, 2.75) is 50.6 Å². The van der Waals surface area contributed by atoms with Gasteiger partial charge >= 0.3 is 0 Å². The van der Waals surface area contributed by atoms with Gasteiger partial charge in [0.15, 0.2) is 0 Å². The first-order valence-corrected chi connectivity index (χ1v) is 14.0. The molecule has 1 N–H and O–H groups in total. The summed E-state index contributed by atoms with van der Waals surface area (Å²) in [7, 11) is -3.84. The second-order valence-electron chi connectivity index (χ2n) is 9.37. The van der Waals surface area contributed by atoms with Gasteiger partial charge in [-0.15, -0.1) is 0 Å². The van der Waals surface area contributed by atoms with Crippen LogP contribution >= 0.6 is 11.6 Å². The van der Waals surface area contributed by atoms with E-state index in [0.717, 1.165) is 44.4 Å². The Kier molecular flexibility index (Phi) is 8.29. The summed E-state index contributed by atoms with van der Waals surface area (Å²) in [6.07, 6.45) is 6.91. The summed E-state index contributed by atoms with van der Waals surface area (Å²) < 4.78 is 27.6. The van der Waals surface area contributed by atoms with Crippen molar-refractivity contribution < 1.29 is 18.0 Å². The van der Waals surface area contributed by atoms with Gasteiger partial charge in [0.1, 0.15) is 6.04 Å². The number of piperidine rings is 1. The summed E-state index contributed by atoms with van der Waals surface area (Å²) in [6.45, 7) is 4.29. The number of sulfonamides is 1. The molecule has 3 aliphatic heterocycles. The molecule has 1 aromatic rings. The van der Waals surface area contributed by atoms with Crippen LogP contribution in [-0.2, 0) is 19.6 Å². The van der Waals surface area contributed by atoms with Gasteiger partial charge in [-0.2, -0.15) is 4.72 Å². The zero-order valence-electron chi connectivity index (χ0n) is 19.4. The van der Waals surface area contributed by atoms with E-state index < -0.39 is 16.1 Å². The molecule has 2 unspecified atom stereocenters. The van der Waals surface area contributed by atoms with E-state index in [2.05, 4.69) is 9.62 Å². The Morgan fingerprint density at radius 2 is 1.85 bits per heavy atom. The molecule has 8 nitrogen and oxygen atoms in total. The van der Waals surface area contributed by atoms with Crippen molar-refractivity contribution >= 4 is 39.5 Å². The zero-order valence-corrected chi connectivity index (χ0v) is 20.9. The van der Waals surface area contributed by atoms with E-state index in [1.54, 1.807) is 24.3 Å². The molecule has 3 saturated heterocycles. The minimum Gasteiger partial charge on any atom is -0.337 e. The van der Waals surface area contributed by atoms with Crippen LogP contribution in [0.4, 0.5) is 0 Å². The van der Waals surface area contributed by atoms with E-state index in [9.17, 15) is 18.0 Å². The predicted molar refractivity (Wildman–Crippen MR) is 133 cm³/mol. The van der Waals surface area contributed by atoms with Gasteiger partial charge < -0.3 is 14.7 Å². The van der Waals surface area contributed by atoms with Crippen LogP contribution in [-0.4, -0.2) is 86.3 Å². The molecule has 2 amide bonds. The summed E-state index contributed by atoms with van der Waals surface area (Å²) in [5.74, 6) is -0.381. The number of nitrogens with zero attached hydrogens (tertiary/aromatic N) is 3. The monoisotopic (exact) mass is 508 g/mol. The maximum atomic E-state index is 13.1. The van der Waals surface area contributed by atoms with Crippen LogP contribution in [0.1, 0.15) is 44.1 Å². The Balaban J connectivity index is 1.33. The maximum absolute atomic E-state index is 13.1. The van der Waals surface area contributed by atoms with Crippen molar-refractivity contribution in [1.29, 1.82) is 0 Å². The topological polar surface area (TPSA) is 90.0 Å². The summed E-state index contributed by atoms with van der Waals surface area (Å²) in [6, 6.07) is 6.18. The van der Waals surface area contributed by atoms with Gasteiger partial charge in [-0.05, 0) is 75.4 Å². The fourth-order valence-electron chi connectivity index (χ4n) is 5.09. The maximum Gasteiger partial charge on any atom is 0.242 e. The molecule has 3 aliphatic rings. The highest BCUT2D eigenvalue weighted by molar-refractivity contribution is 7.92. The second kappa shape index (κ2) is 11.2. The Bertz CT molecular complexity index is 1030. The summed E-state index contributed by atoms with van der Waals surface area (Å²) >= 11 is 5.94. The van der Waals surface area contributed by atoms with Crippen molar-refractivity contribution in [2.24, 2.45) is 0 Å². The van der Waals surface area contributed by atoms with Gasteiger partial charge in [0.05, 0.1) is 6.54 Å². The molecule has 0 radical (unpaired) electrons. The van der Waals surface area contributed by atoms with Gasteiger partial charge in [-0.25, -0.2) is 8.42 Å². The molecule has 0 bridgehead atoms. The Morgan fingerprint density at radius 3 is 2.62 bits per heavy atom. The molecule has 34 heavy (non-hydrogen) atoms. The van der Waals surface area contributed by atoms with Crippen molar-refractivity contribution in [2.75, 3.05) is 39.3 Å². The highest BCUT2D eigenvalue weighted by Crippen LogP contribution is 2.22. The first-order chi connectivity index (χ1) is 16.3. The number of hydrogen-bond acceptors (Lipinski definition) is 5. The zero-order chi connectivity index (χ0) is 24.1. The van der Waals surface area contributed by atoms with E-state index in [0.29, 0.717) is 30.0 Å². The lowest BCUT2D eigenvalue weighted by atomic mass is 10.1. The number of benzene rings is 1. The molecular formula is C24H33ClN4O4S. The van der Waals surface area contributed by atoms with Gasteiger partial charge in [0.25, 0.3) is 0 Å². The van der Waals surface area contributed by atoms with E-state index in [1.165, 1.54) is 23.8 Å². The number of amides is 2. The van der Waals surface area contributed by atoms with Gasteiger partial charge in [-0.1, -0.05) is 23.7 Å². The number of nitrogens with one attached hydrogen (secondary N) is 1. The average Bonchev–Trinajstić information content (AvgIpc) is 3.48. The lowest BCUT2D eigenvalue weighted by Gasteiger charge is -2.34. The van der Waals surface area contributed by atoms with Crippen molar-refractivity contribution in [3.8, 4) is 0 Å². The predicted octanol–water partition coefficient (Wildman–Crippen LogP) is 2.31. The Hall–Kier alpha value is -1.94. The molecule has 3 fully saturated rings. The third-order valence-electron chi connectivity index (χ3n) is 6.82. The summed E-state index contributed by atoms with van der Waals surface area (Å²) in [5.41, 5.74) is 0.647. The standard InChI is InChI=1S/C24H33ClN4O4S/c25-20-7-3-6-19(16-20)10-15-34(32,33)26-22-9-5-13-28(24(22)31)18-23(30)29-14-4-8-21(29)17-27-11-1-2-12-27/h3,6-7,10,15-16,21-22,26H,1-2,4-5,8-9,11-14,17-18H2/b15-10+. The number of hydrogen-bond donors (Lipinski definition) is 1. The molecule has 0 spiro atoms. The minimum atomic E-state index is -3.84. The quantitative estimate of drug-likeness (QED) is 0.582. The van der Waals surface area contributed by atoms with Crippen LogP contribution in [0, 0.1) is 0 Å². The minimum absolute atomic E-state index is 0.00587. The molecule has 4 rings (SSSR count). The molecule has 2 atom stereocenters. The Morgan fingerprint density at radius 1 is 1.09 bits per heavy atom. The van der Waals surface area contributed by atoms with Crippen molar-refractivity contribution in [1.82, 2.24) is 19.4 Å². The van der Waals surface area contributed by atoms with Crippen LogP contribution in [0.3, 0.4) is 0 Å². The van der Waals surface area contributed by atoms with Gasteiger partial charge in [-0.3, -0.25) is 9.59 Å². The number of likely N-dealkylation sites (tertiary alicyclic amines) is 3. The molecule has 0 aliphatic carbocycles. The SMILES string of the molecule is O=C1C(NS(=O)(=O)/C=C/c2cccc(Cl)c2)CCCN1CC(=O)N1CCCC1CN1CCCC1.